The standard InChI is InChI=1S/C15H17F8N5O/c1-5(14(18,19)20)24-12-26-11(7-3-4-8(16)10(29)9(7)17)27-13(28-12)25-6(2)15(21,22)23/h5-6,8,10,29H,3-4H2,1-2H3,(H2,24,25,26,27,28)/t5-,6-,8?,10-/m1/s1. The summed E-state index contributed by atoms with van der Waals surface area (Å²) in [5.74, 6) is -3.50. The Kier molecular flexibility index (Phi) is 6.55. The first-order valence-electron chi connectivity index (χ1n) is 8.33. The van der Waals surface area contributed by atoms with E-state index in [1.54, 1.807) is 0 Å². The summed E-state index contributed by atoms with van der Waals surface area (Å²) in [6, 6.07) is -4.37. The molecule has 1 heterocycles. The Labute approximate surface area is 159 Å². The van der Waals surface area contributed by atoms with E-state index < -0.39 is 65.8 Å². The Bertz CT molecular complexity index is 726. The molecule has 1 aliphatic rings. The number of rotatable bonds is 5. The first-order valence-corrected chi connectivity index (χ1v) is 8.33. The molecular weight excluding hydrogens is 418 g/mol. The van der Waals surface area contributed by atoms with Crippen LogP contribution in [-0.4, -0.2) is 56.8 Å². The normalized spacial score (nSPS) is 23.0. The second-order valence-corrected chi connectivity index (χ2v) is 6.45. The van der Waals surface area contributed by atoms with Crippen molar-refractivity contribution in [2.75, 3.05) is 10.6 Å². The first kappa shape index (κ1) is 23.0. The lowest BCUT2D eigenvalue weighted by molar-refractivity contribution is -0.139. The third kappa shape index (κ3) is 5.64. The highest BCUT2D eigenvalue weighted by atomic mass is 19.4. The van der Waals surface area contributed by atoms with Crippen molar-refractivity contribution in [3.63, 3.8) is 0 Å². The van der Waals surface area contributed by atoms with Gasteiger partial charge in [0.1, 0.15) is 30.2 Å². The minimum atomic E-state index is -4.73. The zero-order chi connectivity index (χ0) is 22.1. The number of alkyl halides is 7. The summed E-state index contributed by atoms with van der Waals surface area (Å²) in [5.41, 5.74) is -0.431. The van der Waals surface area contributed by atoms with Gasteiger partial charge in [-0.1, -0.05) is 0 Å². The molecule has 4 atom stereocenters. The molecule has 3 N–H and O–H groups in total. The first-order chi connectivity index (χ1) is 13.2. The average Bonchev–Trinajstić information content (AvgIpc) is 2.58. The average molecular weight is 435 g/mol. The molecule has 0 saturated carbocycles. The number of aliphatic hydroxyl groups is 1. The fourth-order valence-corrected chi connectivity index (χ4v) is 2.31. The minimum Gasteiger partial charge on any atom is -0.383 e. The zero-order valence-electron chi connectivity index (χ0n) is 15.0. The molecule has 1 aromatic rings. The molecule has 1 unspecified atom stereocenters. The third-order valence-corrected chi connectivity index (χ3v) is 4.14. The van der Waals surface area contributed by atoms with Gasteiger partial charge in [-0.25, -0.2) is 8.78 Å². The van der Waals surface area contributed by atoms with Crippen LogP contribution in [0.5, 0.6) is 0 Å². The number of hydrogen-bond donors (Lipinski definition) is 3. The van der Waals surface area contributed by atoms with Crippen molar-refractivity contribution in [3.8, 4) is 0 Å². The van der Waals surface area contributed by atoms with Gasteiger partial charge < -0.3 is 15.7 Å². The lowest BCUT2D eigenvalue weighted by Crippen LogP contribution is -2.35. The molecule has 2 rings (SSSR count). The van der Waals surface area contributed by atoms with E-state index in [9.17, 15) is 40.2 Å². The van der Waals surface area contributed by atoms with Crippen LogP contribution in [0.3, 0.4) is 0 Å². The summed E-state index contributed by atoms with van der Waals surface area (Å²) >= 11 is 0. The van der Waals surface area contributed by atoms with Crippen LogP contribution >= 0.6 is 0 Å². The van der Waals surface area contributed by atoms with Gasteiger partial charge in [0.2, 0.25) is 11.9 Å². The SMILES string of the molecule is C[C@@H](Nc1nc(N[C@H](C)C(F)(F)F)nc(C2=C(F)[C@H](O)C(F)CC2)n1)C(F)(F)F. The van der Waals surface area contributed by atoms with Crippen LogP contribution in [0, 0.1) is 0 Å². The van der Waals surface area contributed by atoms with Crippen LogP contribution in [0.25, 0.3) is 5.57 Å². The highest BCUT2D eigenvalue weighted by Gasteiger charge is 2.39. The molecule has 0 bridgehead atoms. The molecule has 14 heteroatoms. The summed E-state index contributed by atoms with van der Waals surface area (Å²) in [6.45, 7) is 1.43. The molecule has 164 valence electrons. The van der Waals surface area contributed by atoms with Crippen molar-refractivity contribution in [2.45, 2.75) is 63.4 Å². The summed E-state index contributed by atoms with van der Waals surface area (Å²) in [5, 5.41) is 13.2. The van der Waals surface area contributed by atoms with Crippen LogP contribution in [0.2, 0.25) is 0 Å². The highest BCUT2D eigenvalue weighted by molar-refractivity contribution is 5.65. The van der Waals surface area contributed by atoms with E-state index in [1.807, 2.05) is 10.6 Å². The van der Waals surface area contributed by atoms with Gasteiger partial charge in [-0.3, -0.25) is 0 Å². The Morgan fingerprint density at radius 1 is 0.931 bits per heavy atom. The molecule has 0 radical (unpaired) electrons. The van der Waals surface area contributed by atoms with Gasteiger partial charge in [-0.2, -0.15) is 41.3 Å². The van der Waals surface area contributed by atoms with E-state index in [-0.39, 0.29) is 12.8 Å². The molecule has 0 aliphatic heterocycles. The maximum Gasteiger partial charge on any atom is 0.408 e. The van der Waals surface area contributed by atoms with E-state index in [0.717, 1.165) is 0 Å². The molecule has 0 amide bonds. The van der Waals surface area contributed by atoms with Gasteiger partial charge in [0, 0.05) is 5.57 Å². The summed E-state index contributed by atoms with van der Waals surface area (Å²) in [4.78, 5) is 10.7. The number of halogens is 8. The molecule has 1 aliphatic carbocycles. The third-order valence-electron chi connectivity index (χ3n) is 4.14. The van der Waals surface area contributed by atoms with E-state index in [0.29, 0.717) is 13.8 Å². The largest absolute Gasteiger partial charge is 0.408 e. The molecule has 0 aromatic carbocycles. The zero-order valence-corrected chi connectivity index (χ0v) is 15.0. The summed E-state index contributed by atoms with van der Waals surface area (Å²) < 4.78 is 104. The van der Waals surface area contributed by atoms with Crippen LogP contribution in [0.15, 0.2) is 5.83 Å². The lowest BCUT2D eigenvalue weighted by Gasteiger charge is -2.24. The number of aromatic nitrogens is 3. The van der Waals surface area contributed by atoms with Crippen molar-refractivity contribution in [1.82, 2.24) is 15.0 Å². The Morgan fingerprint density at radius 3 is 1.79 bits per heavy atom. The van der Waals surface area contributed by atoms with Gasteiger partial charge in [-0.05, 0) is 26.7 Å². The maximum absolute atomic E-state index is 14.2. The highest BCUT2D eigenvalue weighted by Crippen LogP contribution is 2.34. The summed E-state index contributed by atoms with van der Waals surface area (Å²) in [7, 11) is 0. The molecule has 29 heavy (non-hydrogen) atoms. The Balaban J connectivity index is 2.47. The number of anilines is 2. The quantitative estimate of drug-likeness (QED) is 0.611. The van der Waals surface area contributed by atoms with Gasteiger partial charge in [0.05, 0.1) is 0 Å². The number of aliphatic hydroxyl groups excluding tert-OH is 1. The van der Waals surface area contributed by atoms with Crippen LogP contribution < -0.4 is 10.6 Å². The fourth-order valence-electron chi connectivity index (χ4n) is 2.31. The predicted molar refractivity (Wildman–Crippen MR) is 86.3 cm³/mol. The van der Waals surface area contributed by atoms with Gasteiger partial charge >= 0.3 is 12.4 Å². The van der Waals surface area contributed by atoms with Crippen LogP contribution in [0.4, 0.5) is 47.0 Å². The van der Waals surface area contributed by atoms with Crippen LogP contribution in [0.1, 0.15) is 32.5 Å². The Hall–Kier alpha value is -2.25. The molecule has 0 fully saturated rings. The smallest absolute Gasteiger partial charge is 0.383 e. The van der Waals surface area contributed by atoms with E-state index in [1.165, 1.54) is 0 Å². The van der Waals surface area contributed by atoms with Crippen molar-refractivity contribution in [2.24, 2.45) is 0 Å². The fraction of sp³-hybridized carbons (Fsp3) is 0.667. The van der Waals surface area contributed by atoms with Gasteiger partial charge in [-0.15, -0.1) is 0 Å². The maximum atomic E-state index is 14.2. The molecule has 0 spiro atoms. The van der Waals surface area contributed by atoms with E-state index in [4.69, 9.17) is 0 Å². The molecular formula is C15H17F8N5O. The van der Waals surface area contributed by atoms with Crippen LogP contribution in [-0.2, 0) is 0 Å². The topological polar surface area (TPSA) is 83.0 Å². The monoisotopic (exact) mass is 435 g/mol. The Morgan fingerprint density at radius 2 is 1.38 bits per heavy atom. The van der Waals surface area contributed by atoms with Crippen molar-refractivity contribution < 1.29 is 40.2 Å². The van der Waals surface area contributed by atoms with Crippen molar-refractivity contribution in [1.29, 1.82) is 0 Å². The second kappa shape index (κ2) is 8.24. The number of nitrogens with one attached hydrogen (secondary N) is 2. The van der Waals surface area contributed by atoms with Crippen molar-refractivity contribution >= 4 is 17.5 Å². The number of allylic oxidation sites excluding steroid dienone is 1. The van der Waals surface area contributed by atoms with Crippen molar-refractivity contribution in [3.05, 3.63) is 11.7 Å². The summed E-state index contributed by atoms with van der Waals surface area (Å²) in [6.07, 6.45) is -14.2. The predicted octanol–water partition coefficient (Wildman–Crippen LogP) is 3.77. The van der Waals surface area contributed by atoms with E-state index in [2.05, 4.69) is 15.0 Å². The molecule has 0 saturated heterocycles. The van der Waals surface area contributed by atoms with E-state index >= 15 is 0 Å². The molecule has 6 nitrogen and oxygen atoms in total. The molecule has 1 aromatic heterocycles. The van der Waals surface area contributed by atoms with Gasteiger partial charge in [0.25, 0.3) is 0 Å². The number of nitrogens with zero attached hydrogens (tertiary/aromatic N) is 3. The second-order valence-electron chi connectivity index (χ2n) is 6.45. The minimum absolute atomic E-state index is 0.323. The van der Waals surface area contributed by atoms with Gasteiger partial charge in [0.15, 0.2) is 5.82 Å². The number of hydrogen-bond acceptors (Lipinski definition) is 6. The lowest BCUT2D eigenvalue weighted by atomic mass is 9.94.